The number of esters is 1. The van der Waals surface area contributed by atoms with Gasteiger partial charge in [0.15, 0.2) is 0 Å². The van der Waals surface area contributed by atoms with Crippen molar-refractivity contribution in [2.75, 3.05) is 11.9 Å². The predicted molar refractivity (Wildman–Crippen MR) is 119 cm³/mol. The van der Waals surface area contributed by atoms with E-state index >= 15 is 0 Å². The van der Waals surface area contributed by atoms with Gasteiger partial charge in [-0.15, -0.1) is 0 Å². The highest BCUT2D eigenvalue weighted by molar-refractivity contribution is 6.31. The molecule has 0 fully saturated rings. The van der Waals surface area contributed by atoms with Crippen LogP contribution in [0.1, 0.15) is 31.4 Å². The zero-order valence-electron chi connectivity index (χ0n) is 17.8. The smallest absolute Gasteiger partial charge is 0.336 e. The van der Waals surface area contributed by atoms with Gasteiger partial charge in [0.25, 0.3) is 0 Å². The fourth-order valence-corrected chi connectivity index (χ4v) is 3.75. The van der Waals surface area contributed by atoms with Crippen LogP contribution in [-0.4, -0.2) is 29.3 Å². The van der Waals surface area contributed by atoms with Gasteiger partial charge in [-0.05, 0) is 44.0 Å². The summed E-state index contributed by atoms with van der Waals surface area (Å²) in [6.45, 7) is 5.72. The molecule has 0 unspecified atom stereocenters. The number of anilines is 1. The Morgan fingerprint density at radius 1 is 1.16 bits per heavy atom. The molecular weight excluding hydrogens is 416 g/mol. The van der Waals surface area contributed by atoms with Crippen LogP contribution in [-0.2, 0) is 25.7 Å². The lowest BCUT2D eigenvalue weighted by Gasteiger charge is -2.33. The number of carbonyl (C=O) groups excluding carboxylic acids is 3. The number of aryl methyl sites for hydroxylation is 1. The summed E-state index contributed by atoms with van der Waals surface area (Å²) < 4.78 is 5.22. The van der Waals surface area contributed by atoms with E-state index in [0.29, 0.717) is 23.0 Å². The Balaban J connectivity index is 1.93. The molecule has 2 amide bonds. The average molecular weight is 441 g/mol. The summed E-state index contributed by atoms with van der Waals surface area (Å²) in [5.74, 6) is -2.21. The molecule has 162 valence electrons. The topological polar surface area (TPSA) is 75.7 Å². The Morgan fingerprint density at radius 2 is 1.87 bits per heavy atom. The first kappa shape index (κ1) is 22.6. The first-order valence-electron chi connectivity index (χ1n) is 10.1. The number of amides is 2. The molecule has 0 saturated carbocycles. The summed E-state index contributed by atoms with van der Waals surface area (Å²) in [7, 11) is 0. The maximum Gasteiger partial charge on any atom is 0.336 e. The van der Waals surface area contributed by atoms with Crippen molar-refractivity contribution in [3.05, 3.63) is 76.0 Å². The Bertz CT molecular complexity index is 1030. The van der Waals surface area contributed by atoms with Crippen molar-refractivity contribution in [2.24, 2.45) is 5.92 Å². The number of rotatable bonds is 6. The molecule has 0 spiro atoms. The molecule has 31 heavy (non-hydrogen) atoms. The molecule has 0 aromatic heterocycles. The predicted octanol–water partition coefficient (Wildman–Crippen LogP) is 4.47. The van der Waals surface area contributed by atoms with E-state index in [0.717, 1.165) is 11.1 Å². The van der Waals surface area contributed by atoms with Crippen LogP contribution in [0, 0.1) is 12.8 Å². The molecule has 1 heterocycles. The molecule has 1 atom stereocenters. The summed E-state index contributed by atoms with van der Waals surface area (Å²) >= 11 is 6.15. The number of hydrogen-bond acceptors (Lipinski definition) is 4. The third kappa shape index (κ3) is 5.14. The van der Waals surface area contributed by atoms with Gasteiger partial charge in [0.2, 0.25) is 11.8 Å². The van der Waals surface area contributed by atoms with Crippen molar-refractivity contribution in [3.8, 4) is 0 Å². The maximum absolute atomic E-state index is 13.1. The highest BCUT2D eigenvalue weighted by atomic mass is 35.5. The maximum atomic E-state index is 13.1. The van der Waals surface area contributed by atoms with Gasteiger partial charge in [-0.25, -0.2) is 4.79 Å². The number of nitrogens with zero attached hydrogens (tertiary/aromatic N) is 1. The van der Waals surface area contributed by atoms with Crippen LogP contribution >= 0.6 is 11.6 Å². The van der Waals surface area contributed by atoms with E-state index in [-0.39, 0.29) is 24.5 Å². The van der Waals surface area contributed by atoms with Crippen molar-refractivity contribution >= 4 is 35.1 Å². The van der Waals surface area contributed by atoms with Gasteiger partial charge in [0.05, 0.1) is 24.6 Å². The van der Waals surface area contributed by atoms with Crippen LogP contribution in [0.3, 0.4) is 0 Å². The van der Waals surface area contributed by atoms with Gasteiger partial charge in [0.1, 0.15) is 0 Å². The van der Waals surface area contributed by atoms with Gasteiger partial charge in [-0.2, -0.15) is 0 Å². The van der Waals surface area contributed by atoms with Crippen LogP contribution in [0.5, 0.6) is 0 Å². The average Bonchev–Trinajstić information content (AvgIpc) is 2.74. The zero-order valence-corrected chi connectivity index (χ0v) is 18.5. The third-order valence-corrected chi connectivity index (χ3v) is 5.66. The highest BCUT2D eigenvalue weighted by Gasteiger charge is 2.40. The molecule has 1 aliphatic heterocycles. The molecule has 0 radical (unpaired) electrons. The lowest BCUT2D eigenvalue weighted by Crippen LogP contribution is -2.42. The van der Waals surface area contributed by atoms with E-state index in [1.165, 1.54) is 4.90 Å². The van der Waals surface area contributed by atoms with Gasteiger partial charge in [-0.3, -0.25) is 9.59 Å². The van der Waals surface area contributed by atoms with E-state index in [2.05, 4.69) is 5.32 Å². The van der Waals surface area contributed by atoms with Crippen LogP contribution in [0.15, 0.2) is 59.8 Å². The number of halogens is 1. The first-order valence-corrected chi connectivity index (χ1v) is 10.5. The Hall–Kier alpha value is -3.12. The lowest BCUT2D eigenvalue weighted by atomic mass is 9.88. The summed E-state index contributed by atoms with van der Waals surface area (Å²) in [6.07, 6.45) is -0.121. The van der Waals surface area contributed by atoms with Crippen LogP contribution in [0.2, 0.25) is 5.02 Å². The van der Waals surface area contributed by atoms with Crippen molar-refractivity contribution in [3.63, 3.8) is 0 Å². The van der Waals surface area contributed by atoms with Crippen LogP contribution in [0.25, 0.3) is 0 Å². The van der Waals surface area contributed by atoms with E-state index in [9.17, 15) is 14.4 Å². The molecule has 1 aliphatic rings. The fourth-order valence-electron chi connectivity index (χ4n) is 3.57. The first-order chi connectivity index (χ1) is 14.8. The number of carbonyl (C=O) groups is 3. The van der Waals surface area contributed by atoms with Crippen molar-refractivity contribution in [2.45, 2.75) is 33.7 Å². The van der Waals surface area contributed by atoms with E-state index in [4.69, 9.17) is 16.3 Å². The number of nitrogens with one attached hydrogen (secondary N) is 1. The lowest BCUT2D eigenvalue weighted by molar-refractivity contribution is -0.142. The van der Waals surface area contributed by atoms with Crippen molar-refractivity contribution < 1.29 is 19.1 Å². The molecule has 0 saturated heterocycles. The van der Waals surface area contributed by atoms with Gasteiger partial charge in [-0.1, -0.05) is 48.0 Å². The number of hydrogen-bond donors (Lipinski definition) is 1. The molecule has 3 rings (SSSR count). The second kappa shape index (κ2) is 9.79. The van der Waals surface area contributed by atoms with Gasteiger partial charge >= 0.3 is 5.97 Å². The number of ether oxygens (including phenoxy) is 1. The fraction of sp³-hybridized carbons (Fsp3) is 0.292. The highest BCUT2D eigenvalue weighted by Crippen LogP contribution is 2.32. The third-order valence-electron chi connectivity index (χ3n) is 5.26. The van der Waals surface area contributed by atoms with Crippen molar-refractivity contribution in [1.29, 1.82) is 0 Å². The van der Waals surface area contributed by atoms with E-state index < -0.39 is 17.8 Å². The standard InChI is InChI=1S/C24H25ClN2O4/c1-4-31-24(30)22-16(3)27(14-17-8-6-5-7-9-17)21(28)13-19(22)23(29)26-18-11-10-15(2)20(25)12-18/h5-12,19H,4,13-14H2,1-3H3,(H,26,29)/t19-/m1/s1. The summed E-state index contributed by atoms with van der Waals surface area (Å²) in [4.78, 5) is 40.3. The second-order valence-electron chi connectivity index (χ2n) is 7.39. The Kier molecular flexibility index (Phi) is 7.13. The molecule has 0 bridgehead atoms. The molecule has 2 aromatic rings. The van der Waals surface area contributed by atoms with Crippen LogP contribution < -0.4 is 5.32 Å². The second-order valence-corrected chi connectivity index (χ2v) is 7.80. The molecule has 2 aromatic carbocycles. The Labute approximate surface area is 186 Å². The molecule has 0 aliphatic carbocycles. The van der Waals surface area contributed by atoms with Gasteiger partial charge in [0, 0.05) is 22.8 Å². The quantitative estimate of drug-likeness (QED) is 0.672. The molecule has 7 heteroatoms. The number of allylic oxidation sites excluding steroid dienone is 1. The summed E-state index contributed by atoms with van der Waals surface area (Å²) in [5.41, 5.74) is 2.94. The monoisotopic (exact) mass is 440 g/mol. The number of benzene rings is 2. The van der Waals surface area contributed by atoms with Gasteiger partial charge < -0.3 is 15.0 Å². The van der Waals surface area contributed by atoms with Crippen LogP contribution in [0.4, 0.5) is 5.69 Å². The van der Waals surface area contributed by atoms with Crippen molar-refractivity contribution in [1.82, 2.24) is 4.90 Å². The SMILES string of the molecule is CCOC(=O)C1=C(C)N(Cc2ccccc2)C(=O)C[C@H]1C(=O)Nc1ccc(C)c(Cl)c1. The zero-order chi connectivity index (χ0) is 22.5. The largest absolute Gasteiger partial charge is 0.463 e. The minimum atomic E-state index is -0.946. The summed E-state index contributed by atoms with van der Waals surface area (Å²) in [6, 6.07) is 14.6. The molecular formula is C24H25ClN2O4. The molecule has 1 N–H and O–H groups in total. The summed E-state index contributed by atoms with van der Waals surface area (Å²) in [5, 5.41) is 3.29. The minimum absolute atomic E-state index is 0.121. The molecule has 6 nitrogen and oxygen atoms in total. The minimum Gasteiger partial charge on any atom is -0.463 e. The van der Waals surface area contributed by atoms with E-state index in [1.54, 1.807) is 32.0 Å². The normalized spacial score (nSPS) is 16.3. The van der Waals surface area contributed by atoms with E-state index in [1.807, 2.05) is 37.3 Å². The Morgan fingerprint density at radius 3 is 2.52 bits per heavy atom.